The lowest BCUT2D eigenvalue weighted by molar-refractivity contribution is -0.140. The molecule has 0 aliphatic carbocycles. The Morgan fingerprint density at radius 1 is 1.08 bits per heavy atom. The Morgan fingerprint density at radius 2 is 1.65 bits per heavy atom. The maximum atomic E-state index is 13.1. The summed E-state index contributed by atoms with van der Waals surface area (Å²) >= 11 is 5.88. The number of amides is 2. The summed E-state index contributed by atoms with van der Waals surface area (Å²) in [4.78, 5) is 26.6. The van der Waals surface area contributed by atoms with Gasteiger partial charge in [-0.15, -0.1) is 0 Å². The van der Waals surface area contributed by atoms with Crippen LogP contribution in [0.15, 0.2) is 48.5 Å². The quantitative estimate of drug-likeness (QED) is 0.803. The predicted molar refractivity (Wildman–Crippen MR) is 100 cm³/mol. The van der Waals surface area contributed by atoms with Gasteiger partial charge in [0.15, 0.2) is 0 Å². The predicted octanol–water partition coefficient (Wildman–Crippen LogP) is 3.58. The molecule has 1 atom stereocenters. The smallest absolute Gasteiger partial charge is 0.242 e. The van der Waals surface area contributed by atoms with Gasteiger partial charge in [-0.3, -0.25) is 9.59 Å². The first-order chi connectivity index (χ1) is 12.4. The molecule has 0 heterocycles. The van der Waals surface area contributed by atoms with Crippen molar-refractivity contribution in [2.75, 3.05) is 6.54 Å². The van der Waals surface area contributed by atoms with E-state index in [2.05, 4.69) is 5.32 Å². The molecular weight excluding hydrogens is 355 g/mol. The molecule has 26 heavy (non-hydrogen) atoms. The van der Waals surface area contributed by atoms with Crippen LogP contribution in [0.4, 0.5) is 4.39 Å². The highest BCUT2D eigenvalue weighted by molar-refractivity contribution is 6.30. The van der Waals surface area contributed by atoms with Crippen molar-refractivity contribution in [2.45, 2.75) is 32.9 Å². The Balaban J connectivity index is 2.20. The Bertz CT molecular complexity index is 747. The Labute approximate surface area is 158 Å². The molecule has 2 aromatic carbocycles. The van der Waals surface area contributed by atoms with Crippen LogP contribution in [0.25, 0.3) is 0 Å². The summed E-state index contributed by atoms with van der Waals surface area (Å²) in [7, 11) is 0. The van der Waals surface area contributed by atoms with E-state index in [0.717, 1.165) is 11.1 Å². The molecule has 0 fully saturated rings. The summed E-state index contributed by atoms with van der Waals surface area (Å²) in [6.45, 7) is 4.22. The zero-order valence-corrected chi connectivity index (χ0v) is 15.6. The molecule has 2 aromatic rings. The lowest BCUT2D eigenvalue weighted by Gasteiger charge is -2.29. The lowest BCUT2D eigenvalue weighted by atomic mass is 10.1. The van der Waals surface area contributed by atoms with Gasteiger partial charge in [-0.25, -0.2) is 4.39 Å². The molecular formula is C20H22ClFN2O2. The summed E-state index contributed by atoms with van der Waals surface area (Å²) in [5, 5.41) is 3.33. The molecule has 0 radical (unpaired) electrons. The highest BCUT2D eigenvalue weighted by Crippen LogP contribution is 2.15. The second-order valence-electron chi connectivity index (χ2n) is 6.02. The minimum Gasteiger partial charge on any atom is -0.355 e. The fraction of sp³-hybridized carbons (Fsp3) is 0.300. The van der Waals surface area contributed by atoms with E-state index in [1.807, 2.05) is 6.92 Å². The molecule has 6 heteroatoms. The van der Waals surface area contributed by atoms with Gasteiger partial charge in [-0.2, -0.15) is 0 Å². The van der Waals surface area contributed by atoms with Gasteiger partial charge >= 0.3 is 0 Å². The van der Waals surface area contributed by atoms with E-state index >= 15 is 0 Å². The maximum absolute atomic E-state index is 13.1. The second kappa shape index (κ2) is 9.34. The minimum absolute atomic E-state index is 0.155. The summed E-state index contributed by atoms with van der Waals surface area (Å²) < 4.78 is 13.1. The molecule has 4 nitrogen and oxygen atoms in total. The summed E-state index contributed by atoms with van der Waals surface area (Å²) in [5.74, 6) is -0.751. The molecule has 0 aliphatic heterocycles. The zero-order chi connectivity index (χ0) is 19.1. The lowest BCUT2D eigenvalue weighted by Crippen LogP contribution is -2.48. The monoisotopic (exact) mass is 376 g/mol. The van der Waals surface area contributed by atoms with Gasteiger partial charge in [0.25, 0.3) is 0 Å². The average Bonchev–Trinajstić information content (AvgIpc) is 2.62. The third kappa shape index (κ3) is 5.56. The van der Waals surface area contributed by atoms with Gasteiger partial charge in [-0.05, 0) is 49.2 Å². The van der Waals surface area contributed by atoms with Crippen LogP contribution < -0.4 is 5.32 Å². The number of carbonyl (C=O) groups is 2. The van der Waals surface area contributed by atoms with E-state index < -0.39 is 6.04 Å². The number of likely N-dealkylation sites (N-methyl/N-ethyl adjacent to an activating group) is 1. The van der Waals surface area contributed by atoms with Crippen LogP contribution >= 0.6 is 11.6 Å². The second-order valence-corrected chi connectivity index (χ2v) is 6.46. The highest BCUT2D eigenvalue weighted by Gasteiger charge is 2.25. The number of hydrogen-bond donors (Lipinski definition) is 1. The number of hydrogen-bond acceptors (Lipinski definition) is 2. The molecule has 0 aliphatic rings. The first-order valence-electron chi connectivity index (χ1n) is 8.46. The number of carbonyl (C=O) groups excluding carboxylic acids is 2. The minimum atomic E-state index is -0.639. The van der Waals surface area contributed by atoms with Crippen molar-refractivity contribution in [1.82, 2.24) is 10.2 Å². The molecule has 1 N–H and O–H groups in total. The van der Waals surface area contributed by atoms with Crippen LogP contribution in [0.2, 0.25) is 5.02 Å². The first kappa shape index (κ1) is 19.9. The highest BCUT2D eigenvalue weighted by atomic mass is 35.5. The molecule has 2 rings (SSSR count). The van der Waals surface area contributed by atoms with E-state index in [-0.39, 0.29) is 30.6 Å². The molecule has 2 amide bonds. The van der Waals surface area contributed by atoms with Gasteiger partial charge in [-0.1, -0.05) is 35.9 Å². The molecule has 0 saturated heterocycles. The van der Waals surface area contributed by atoms with E-state index in [1.54, 1.807) is 43.3 Å². The zero-order valence-electron chi connectivity index (χ0n) is 14.8. The van der Waals surface area contributed by atoms with Gasteiger partial charge in [0.2, 0.25) is 11.8 Å². The average molecular weight is 377 g/mol. The van der Waals surface area contributed by atoms with Crippen molar-refractivity contribution in [3.8, 4) is 0 Å². The van der Waals surface area contributed by atoms with Crippen LogP contribution in [0.3, 0.4) is 0 Å². The molecule has 0 saturated carbocycles. The Hall–Kier alpha value is -2.40. The summed E-state index contributed by atoms with van der Waals surface area (Å²) in [6, 6.07) is 12.3. The third-order valence-electron chi connectivity index (χ3n) is 4.05. The van der Waals surface area contributed by atoms with Crippen molar-refractivity contribution < 1.29 is 14.0 Å². The number of halogens is 2. The van der Waals surface area contributed by atoms with Gasteiger partial charge in [0, 0.05) is 18.1 Å². The number of nitrogens with zero attached hydrogens (tertiary/aromatic N) is 1. The van der Waals surface area contributed by atoms with Crippen molar-refractivity contribution in [3.05, 3.63) is 70.5 Å². The van der Waals surface area contributed by atoms with Crippen molar-refractivity contribution >= 4 is 23.4 Å². The Kier molecular flexibility index (Phi) is 7.16. The van der Waals surface area contributed by atoms with E-state index in [1.165, 1.54) is 17.0 Å². The summed E-state index contributed by atoms with van der Waals surface area (Å²) in [6.07, 6.45) is 0.155. The van der Waals surface area contributed by atoms with E-state index in [4.69, 9.17) is 11.6 Å². The fourth-order valence-corrected chi connectivity index (χ4v) is 2.70. The van der Waals surface area contributed by atoms with E-state index in [9.17, 15) is 14.0 Å². The molecule has 0 bridgehead atoms. The van der Waals surface area contributed by atoms with Gasteiger partial charge in [0.1, 0.15) is 11.9 Å². The van der Waals surface area contributed by atoms with Gasteiger partial charge < -0.3 is 10.2 Å². The number of nitrogens with one attached hydrogen (secondary N) is 1. The molecule has 0 aromatic heterocycles. The van der Waals surface area contributed by atoms with Crippen molar-refractivity contribution in [1.29, 1.82) is 0 Å². The van der Waals surface area contributed by atoms with Crippen LogP contribution in [0.1, 0.15) is 25.0 Å². The first-order valence-corrected chi connectivity index (χ1v) is 8.84. The Morgan fingerprint density at radius 3 is 2.23 bits per heavy atom. The maximum Gasteiger partial charge on any atom is 0.242 e. The standard InChI is InChI=1S/C20H22ClFN2O2/c1-3-23-20(26)14(2)24(13-16-6-10-18(22)11-7-16)19(25)12-15-4-8-17(21)9-5-15/h4-11,14H,3,12-13H2,1-2H3,(H,23,26)/t14-/m0/s1. The SMILES string of the molecule is CCNC(=O)[C@H](C)N(Cc1ccc(F)cc1)C(=O)Cc1ccc(Cl)cc1. The molecule has 138 valence electrons. The normalized spacial score (nSPS) is 11.7. The van der Waals surface area contributed by atoms with Crippen LogP contribution in [-0.2, 0) is 22.6 Å². The third-order valence-corrected chi connectivity index (χ3v) is 4.31. The topological polar surface area (TPSA) is 49.4 Å². The largest absolute Gasteiger partial charge is 0.355 e. The van der Waals surface area contributed by atoms with Crippen molar-refractivity contribution in [3.63, 3.8) is 0 Å². The fourth-order valence-electron chi connectivity index (χ4n) is 2.57. The van der Waals surface area contributed by atoms with Crippen LogP contribution in [0.5, 0.6) is 0 Å². The van der Waals surface area contributed by atoms with Gasteiger partial charge in [0.05, 0.1) is 6.42 Å². The van der Waals surface area contributed by atoms with Crippen molar-refractivity contribution in [2.24, 2.45) is 0 Å². The van der Waals surface area contributed by atoms with Crippen LogP contribution in [0, 0.1) is 5.82 Å². The van der Waals surface area contributed by atoms with E-state index in [0.29, 0.717) is 11.6 Å². The molecule has 0 spiro atoms. The summed E-state index contributed by atoms with van der Waals surface area (Å²) in [5.41, 5.74) is 1.57. The van der Waals surface area contributed by atoms with Crippen LogP contribution in [-0.4, -0.2) is 29.3 Å². The molecule has 0 unspecified atom stereocenters. The number of benzene rings is 2. The number of rotatable bonds is 7.